The molecule has 0 aliphatic rings. The summed E-state index contributed by atoms with van der Waals surface area (Å²) in [6.07, 6.45) is 4.00. The van der Waals surface area contributed by atoms with Crippen molar-refractivity contribution in [2.45, 2.75) is 6.61 Å². The van der Waals surface area contributed by atoms with Crippen molar-refractivity contribution in [2.24, 2.45) is 0 Å². The van der Waals surface area contributed by atoms with Gasteiger partial charge in [-0.05, 0) is 23.3 Å². The molecule has 20 heavy (non-hydrogen) atoms. The van der Waals surface area contributed by atoms with Gasteiger partial charge in [-0.15, -0.1) is 0 Å². The molecule has 0 saturated carbocycles. The molecule has 0 aliphatic carbocycles. The molecule has 0 atom stereocenters. The van der Waals surface area contributed by atoms with E-state index in [1.807, 2.05) is 60.7 Å². The molecular formula is C17H18O2S. The summed E-state index contributed by atoms with van der Waals surface area (Å²) in [5.41, 5.74) is 2.21. The first-order valence-electron chi connectivity index (χ1n) is 6.45. The second-order valence-corrected chi connectivity index (χ2v) is 4.63. The van der Waals surface area contributed by atoms with Crippen LogP contribution in [0.25, 0.3) is 6.08 Å². The van der Waals surface area contributed by atoms with E-state index in [1.54, 1.807) is 7.11 Å². The Kier molecular flexibility index (Phi) is 5.56. The van der Waals surface area contributed by atoms with E-state index < -0.39 is 0 Å². The fourth-order valence-electron chi connectivity index (χ4n) is 1.83. The van der Waals surface area contributed by atoms with E-state index in [1.165, 1.54) is 0 Å². The Morgan fingerprint density at radius 1 is 1.05 bits per heavy atom. The Morgan fingerprint density at radius 2 is 1.85 bits per heavy atom. The molecule has 0 amide bonds. The summed E-state index contributed by atoms with van der Waals surface area (Å²) < 4.78 is 11.2. The van der Waals surface area contributed by atoms with Crippen molar-refractivity contribution in [2.75, 3.05) is 12.9 Å². The van der Waals surface area contributed by atoms with Crippen LogP contribution in [-0.4, -0.2) is 12.9 Å². The van der Waals surface area contributed by atoms with Crippen LogP contribution in [0.4, 0.5) is 0 Å². The van der Waals surface area contributed by atoms with E-state index in [0.29, 0.717) is 12.4 Å². The van der Waals surface area contributed by atoms with Crippen LogP contribution in [0.1, 0.15) is 11.1 Å². The van der Waals surface area contributed by atoms with Gasteiger partial charge in [0.15, 0.2) is 11.5 Å². The summed E-state index contributed by atoms with van der Waals surface area (Å²) in [6, 6.07) is 16.0. The zero-order valence-corrected chi connectivity index (χ0v) is 12.3. The highest BCUT2D eigenvalue weighted by molar-refractivity contribution is 7.80. The molecule has 2 aromatic carbocycles. The van der Waals surface area contributed by atoms with E-state index in [0.717, 1.165) is 22.6 Å². The average Bonchev–Trinajstić information content (AvgIpc) is 2.52. The van der Waals surface area contributed by atoms with Gasteiger partial charge in [0.2, 0.25) is 0 Å². The fraction of sp³-hybridized carbons (Fsp3) is 0.176. The molecule has 0 N–H and O–H groups in total. The third kappa shape index (κ3) is 4.07. The highest BCUT2D eigenvalue weighted by Gasteiger charge is 2.05. The minimum atomic E-state index is 0.531. The third-order valence-electron chi connectivity index (χ3n) is 2.84. The predicted octanol–water partition coefficient (Wildman–Crippen LogP) is 4.22. The maximum absolute atomic E-state index is 5.81. The van der Waals surface area contributed by atoms with Gasteiger partial charge in [-0.25, -0.2) is 0 Å². The van der Waals surface area contributed by atoms with Crippen molar-refractivity contribution in [3.63, 3.8) is 0 Å². The largest absolute Gasteiger partial charge is 0.493 e. The molecule has 0 saturated heterocycles. The molecule has 0 spiro atoms. The van der Waals surface area contributed by atoms with Gasteiger partial charge < -0.3 is 9.47 Å². The Bertz CT molecular complexity index is 564. The lowest BCUT2D eigenvalue weighted by molar-refractivity contribution is 0.284. The maximum Gasteiger partial charge on any atom is 0.161 e. The topological polar surface area (TPSA) is 18.5 Å². The molecule has 2 rings (SSSR count). The normalized spacial score (nSPS) is 10.7. The summed E-state index contributed by atoms with van der Waals surface area (Å²) in [7, 11) is 1.65. The average molecular weight is 286 g/mol. The van der Waals surface area contributed by atoms with Crippen molar-refractivity contribution in [1.29, 1.82) is 0 Å². The summed E-state index contributed by atoms with van der Waals surface area (Å²) in [5, 5.41) is 0. The minimum Gasteiger partial charge on any atom is -0.493 e. The highest BCUT2D eigenvalue weighted by atomic mass is 32.1. The molecule has 2 aromatic rings. The van der Waals surface area contributed by atoms with Crippen molar-refractivity contribution >= 4 is 18.7 Å². The molecule has 2 nitrogen and oxygen atoms in total. The summed E-state index contributed by atoms with van der Waals surface area (Å²) in [5.74, 6) is 2.20. The molecule has 0 heterocycles. The second kappa shape index (κ2) is 7.65. The van der Waals surface area contributed by atoms with Crippen LogP contribution in [0.3, 0.4) is 0 Å². The molecule has 104 valence electrons. The van der Waals surface area contributed by atoms with Gasteiger partial charge in [-0.3, -0.25) is 0 Å². The molecule has 0 radical (unpaired) electrons. The van der Waals surface area contributed by atoms with E-state index in [2.05, 4.69) is 12.6 Å². The number of thiol groups is 1. The van der Waals surface area contributed by atoms with Crippen LogP contribution in [-0.2, 0) is 6.61 Å². The standard InChI is InChI=1S/C17H18O2S/c1-18-17-12-14(8-5-11-20)9-10-16(17)19-13-15-6-3-2-4-7-15/h2-10,12,20H,11,13H2,1H3. The van der Waals surface area contributed by atoms with Crippen molar-refractivity contribution < 1.29 is 9.47 Å². The maximum atomic E-state index is 5.81. The first-order valence-corrected chi connectivity index (χ1v) is 7.09. The Labute approximate surface area is 125 Å². The first-order chi connectivity index (χ1) is 9.83. The van der Waals surface area contributed by atoms with Gasteiger partial charge in [0.1, 0.15) is 6.61 Å². The van der Waals surface area contributed by atoms with E-state index >= 15 is 0 Å². The molecular weight excluding hydrogens is 268 g/mol. The van der Waals surface area contributed by atoms with Gasteiger partial charge in [0.25, 0.3) is 0 Å². The van der Waals surface area contributed by atoms with Crippen molar-refractivity contribution in [3.8, 4) is 11.5 Å². The van der Waals surface area contributed by atoms with Gasteiger partial charge >= 0.3 is 0 Å². The van der Waals surface area contributed by atoms with Crippen LogP contribution in [0.15, 0.2) is 54.6 Å². The van der Waals surface area contributed by atoms with Crippen molar-refractivity contribution in [3.05, 3.63) is 65.7 Å². The lowest BCUT2D eigenvalue weighted by Crippen LogP contribution is -1.97. The zero-order chi connectivity index (χ0) is 14.2. The van der Waals surface area contributed by atoms with E-state index in [4.69, 9.17) is 9.47 Å². The molecule has 0 bridgehead atoms. The number of methoxy groups -OCH3 is 1. The van der Waals surface area contributed by atoms with Crippen LogP contribution in [0.5, 0.6) is 11.5 Å². The number of rotatable bonds is 6. The first kappa shape index (κ1) is 14.5. The molecule has 3 heteroatoms. The van der Waals surface area contributed by atoms with Gasteiger partial charge in [-0.2, -0.15) is 12.6 Å². The van der Waals surface area contributed by atoms with Gasteiger partial charge in [0, 0.05) is 5.75 Å². The molecule has 0 fully saturated rings. The number of benzene rings is 2. The summed E-state index contributed by atoms with van der Waals surface area (Å²) in [6.45, 7) is 0.531. The zero-order valence-electron chi connectivity index (χ0n) is 11.5. The van der Waals surface area contributed by atoms with Crippen LogP contribution in [0.2, 0.25) is 0 Å². The molecule has 0 aromatic heterocycles. The summed E-state index contributed by atoms with van der Waals surface area (Å²) in [4.78, 5) is 0. The Balaban J connectivity index is 2.09. The van der Waals surface area contributed by atoms with E-state index in [9.17, 15) is 0 Å². The lowest BCUT2D eigenvalue weighted by Gasteiger charge is -2.11. The number of hydrogen-bond donors (Lipinski definition) is 1. The monoisotopic (exact) mass is 286 g/mol. The SMILES string of the molecule is COc1cc(C=CCS)ccc1OCc1ccccc1. The predicted molar refractivity (Wildman–Crippen MR) is 86.7 cm³/mol. The summed E-state index contributed by atoms with van der Waals surface area (Å²) >= 11 is 4.15. The second-order valence-electron chi connectivity index (χ2n) is 4.27. The molecule has 0 unspecified atom stereocenters. The van der Waals surface area contributed by atoms with Gasteiger partial charge in [0.05, 0.1) is 7.11 Å². The van der Waals surface area contributed by atoms with E-state index in [-0.39, 0.29) is 0 Å². The lowest BCUT2D eigenvalue weighted by atomic mass is 10.2. The van der Waals surface area contributed by atoms with Crippen LogP contribution in [0, 0.1) is 0 Å². The van der Waals surface area contributed by atoms with Crippen molar-refractivity contribution in [1.82, 2.24) is 0 Å². The number of ether oxygens (including phenoxy) is 2. The third-order valence-corrected chi connectivity index (χ3v) is 3.05. The smallest absolute Gasteiger partial charge is 0.161 e. The Morgan fingerprint density at radius 3 is 2.55 bits per heavy atom. The van der Waals surface area contributed by atoms with Gasteiger partial charge in [-0.1, -0.05) is 48.6 Å². The Hall–Kier alpha value is -1.87. The quantitative estimate of drug-likeness (QED) is 0.802. The van der Waals surface area contributed by atoms with Crippen LogP contribution < -0.4 is 9.47 Å². The number of hydrogen-bond acceptors (Lipinski definition) is 3. The minimum absolute atomic E-state index is 0.531. The van der Waals surface area contributed by atoms with Crippen LogP contribution >= 0.6 is 12.6 Å². The fourth-order valence-corrected chi connectivity index (χ4v) is 1.94. The highest BCUT2D eigenvalue weighted by Crippen LogP contribution is 2.29. The molecule has 0 aliphatic heterocycles.